The summed E-state index contributed by atoms with van der Waals surface area (Å²) in [4.78, 5) is 13.5. The number of aliphatic carboxylic acids is 1. The monoisotopic (exact) mass is 237 g/mol. The van der Waals surface area contributed by atoms with Gasteiger partial charge in [-0.05, 0) is 32.7 Å². The summed E-state index contributed by atoms with van der Waals surface area (Å²) in [6.45, 7) is 3.33. The Kier molecular flexibility index (Phi) is 3.19. The van der Waals surface area contributed by atoms with Crippen LogP contribution in [0.1, 0.15) is 31.7 Å². The Morgan fingerprint density at radius 1 is 1.59 bits per heavy atom. The average Bonchev–Trinajstić information content (AvgIpc) is 2.67. The third kappa shape index (κ3) is 2.34. The first-order valence-corrected chi connectivity index (χ1v) is 5.98. The van der Waals surface area contributed by atoms with Crippen LogP contribution in [0.25, 0.3) is 0 Å². The van der Waals surface area contributed by atoms with Gasteiger partial charge < -0.3 is 5.11 Å². The summed E-state index contributed by atoms with van der Waals surface area (Å²) in [5.41, 5.74) is 0.343. The van der Waals surface area contributed by atoms with Gasteiger partial charge in [-0.1, -0.05) is 0 Å². The molecular formula is C12H19N3O2. The quantitative estimate of drug-likeness (QED) is 0.859. The minimum atomic E-state index is -0.728. The number of carboxylic acids is 1. The summed E-state index contributed by atoms with van der Waals surface area (Å²) in [5.74, 6) is -0.721. The molecule has 0 spiro atoms. The predicted molar refractivity (Wildman–Crippen MR) is 63.5 cm³/mol. The van der Waals surface area contributed by atoms with Crippen LogP contribution in [-0.4, -0.2) is 37.8 Å². The minimum Gasteiger partial charge on any atom is -0.480 e. The Hall–Kier alpha value is -1.36. The van der Waals surface area contributed by atoms with Crippen LogP contribution < -0.4 is 0 Å². The molecule has 0 bridgehead atoms. The third-order valence-electron chi connectivity index (χ3n) is 3.63. The van der Waals surface area contributed by atoms with E-state index < -0.39 is 11.5 Å². The van der Waals surface area contributed by atoms with Gasteiger partial charge in [0.1, 0.15) is 5.54 Å². The van der Waals surface area contributed by atoms with E-state index in [0.717, 1.165) is 31.4 Å². The molecule has 0 radical (unpaired) electrons. The molecule has 1 N–H and O–H groups in total. The van der Waals surface area contributed by atoms with Gasteiger partial charge in [0, 0.05) is 25.4 Å². The molecule has 1 aliphatic rings. The van der Waals surface area contributed by atoms with Crippen LogP contribution in [0.4, 0.5) is 0 Å². The molecule has 0 aliphatic carbocycles. The van der Waals surface area contributed by atoms with Crippen LogP contribution in [0.15, 0.2) is 12.4 Å². The largest absolute Gasteiger partial charge is 0.480 e. The summed E-state index contributed by atoms with van der Waals surface area (Å²) >= 11 is 0. The zero-order valence-corrected chi connectivity index (χ0v) is 10.4. The lowest BCUT2D eigenvalue weighted by atomic mass is 9.88. The fourth-order valence-electron chi connectivity index (χ4n) is 2.45. The van der Waals surface area contributed by atoms with Crippen molar-refractivity contribution in [2.45, 2.75) is 38.3 Å². The molecule has 94 valence electrons. The predicted octanol–water partition coefficient (Wildman–Crippen LogP) is 1.25. The van der Waals surface area contributed by atoms with Crippen LogP contribution in [-0.2, 0) is 18.4 Å². The topological polar surface area (TPSA) is 58.4 Å². The molecular weight excluding hydrogens is 218 g/mol. The number of aryl methyl sites for hydroxylation is 1. The van der Waals surface area contributed by atoms with E-state index in [1.54, 1.807) is 10.9 Å². The summed E-state index contributed by atoms with van der Waals surface area (Å²) in [6.07, 6.45) is 6.53. The van der Waals surface area contributed by atoms with Crippen LogP contribution in [0.3, 0.4) is 0 Å². The fourth-order valence-corrected chi connectivity index (χ4v) is 2.45. The zero-order chi connectivity index (χ0) is 12.5. The van der Waals surface area contributed by atoms with E-state index in [1.165, 1.54) is 0 Å². The number of carbonyl (C=O) groups is 1. The zero-order valence-electron chi connectivity index (χ0n) is 10.4. The first-order chi connectivity index (χ1) is 8.02. The van der Waals surface area contributed by atoms with E-state index in [0.29, 0.717) is 6.54 Å². The van der Waals surface area contributed by atoms with E-state index in [9.17, 15) is 9.90 Å². The van der Waals surface area contributed by atoms with Gasteiger partial charge in [-0.15, -0.1) is 0 Å². The van der Waals surface area contributed by atoms with Gasteiger partial charge in [-0.3, -0.25) is 14.4 Å². The number of aromatic nitrogens is 2. The molecule has 5 heteroatoms. The van der Waals surface area contributed by atoms with Gasteiger partial charge in [-0.2, -0.15) is 5.10 Å². The highest BCUT2D eigenvalue weighted by Gasteiger charge is 2.41. The lowest BCUT2D eigenvalue weighted by molar-refractivity contribution is -0.153. The molecule has 5 nitrogen and oxygen atoms in total. The summed E-state index contributed by atoms with van der Waals surface area (Å²) in [5, 5.41) is 13.5. The number of rotatable bonds is 3. The molecule has 1 unspecified atom stereocenters. The number of nitrogens with zero attached hydrogens (tertiary/aromatic N) is 3. The second-order valence-electron chi connectivity index (χ2n) is 4.98. The maximum atomic E-state index is 11.4. The van der Waals surface area contributed by atoms with Gasteiger partial charge in [0.05, 0.1) is 6.20 Å². The second kappa shape index (κ2) is 4.49. The van der Waals surface area contributed by atoms with Crippen molar-refractivity contribution < 1.29 is 9.90 Å². The molecule has 2 rings (SSSR count). The lowest BCUT2D eigenvalue weighted by Gasteiger charge is -2.41. The Morgan fingerprint density at radius 2 is 2.35 bits per heavy atom. The van der Waals surface area contributed by atoms with E-state index in [-0.39, 0.29) is 0 Å². The summed E-state index contributed by atoms with van der Waals surface area (Å²) < 4.78 is 1.75. The second-order valence-corrected chi connectivity index (χ2v) is 4.98. The van der Waals surface area contributed by atoms with Gasteiger partial charge in [0.2, 0.25) is 0 Å². The van der Waals surface area contributed by atoms with Gasteiger partial charge in [-0.25, -0.2) is 0 Å². The average molecular weight is 237 g/mol. The summed E-state index contributed by atoms with van der Waals surface area (Å²) in [6, 6.07) is 0. The van der Waals surface area contributed by atoms with Crippen molar-refractivity contribution in [2.24, 2.45) is 7.05 Å². The van der Waals surface area contributed by atoms with E-state index in [1.807, 2.05) is 20.2 Å². The molecule has 0 amide bonds. The van der Waals surface area contributed by atoms with Crippen molar-refractivity contribution in [3.05, 3.63) is 18.0 Å². The lowest BCUT2D eigenvalue weighted by Crippen LogP contribution is -2.54. The molecule has 0 aromatic carbocycles. The Bertz CT molecular complexity index is 416. The molecule has 1 saturated heterocycles. The smallest absolute Gasteiger partial charge is 0.323 e. The first kappa shape index (κ1) is 12.1. The standard InChI is InChI=1S/C12H19N3O2/c1-12(11(16)17)5-3-4-6-15(12)9-10-7-13-14(2)8-10/h7-8H,3-6,9H2,1-2H3,(H,16,17). The van der Waals surface area contributed by atoms with Crippen LogP contribution in [0, 0.1) is 0 Å². The van der Waals surface area contributed by atoms with Crippen LogP contribution in [0.2, 0.25) is 0 Å². The van der Waals surface area contributed by atoms with Crippen molar-refractivity contribution >= 4 is 5.97 Å². The maximum absolute atomic E-state index is 11.4. The van der Waals surface area contributed by atoms with Gasteiger partial charge in [0.25, 0.3) is 0 Å². The molecule has 17 heavy (non-hydrogen) atoms. The van der Waals surface area contributed by atoms with Crippen LogP contribution in [0.5, 0.6) is 0 Å². The molecule has 1 atom stereocenters. The summed E-state index contributed by atoms with van der Waals surface area (Å²) in [7, 11) is 1.87. The Morgan fingerprint density at radius 3 is 2.94 bits per heavy atom. The number of hydrogen-bond acceptors (Lipinski definition) is 3. The number of carboxylic acid groups (broad SMARTS) is 1. The normalized spacial score (nSPS) is 26.0. The fraction of sp³-hybridized carbons (Fsp3) is 0.667. The Labute approximate surface area is 101 Å². The van der Waals surface area contributed by atoms with Crippen molar-refractivity contribution in [1.29, 1.82) is 0 Å². The molecule has 1 aliphatic heterocycles. The molecule has 1 fully saturated rings. The van der Waals surface area contributed by atoms with Gasteiger partial charge in [0.15, 0.2) is 0 Å². The molecule has 2 heterocycles. The van der Waals surface area contributed by atoms with Crippen molar-refractivity contribution in [3.63, 3.8) is 0 Å². The number of likely N-dealkylation sites (tertiary alicyclic amines) is 1. The van der Waals surface area contributed by atoms with E-state index in [4.69, 9.17) is 0 Å². The number of hydrogen-bond donors (Lipinski definition) is 1. The third-order valence-corrected chi connectivity index (χ3v) is 3.63. The minimum absolute atomic E-state index is 0.663. The highest BCUT2D eigenvalue weighted by atomic mass is 16.4. The van der Waals surface area contributed by atoms with E-state index >= 15 is 0 Å². The number of piperidine rings is 1. The highest BCUT2D eigenvalue weighted by molar-refractivity contribution is 5.78. The Balaban J connectivity index is 2.14. The first-order valence-electron chi connectivity index (χ1n) is 5.98. The highest BCUT2D eigenvalue weighted by Crippen LogP contribution is 2.29. The van der Waals surface area contributed by atoms with Crippen LogP contribution >= 0.6 is 0 Å². The van der Waals surface area contributed by atoms with Crippen molar-refractivity contribution in [2.75, 3.05) is 6.54 Å². The molecule has 1 aromatic heterocycles. The van der Waals surface area contributed by atoms with Crippen molar-refractivity contribution in [3.8, 4) is 0 Å². The SMILES string of the molecule is Cn1cc(CN2CCCCC2(C)C(=O)O)cn1. The van der Waals surface area contributed by atoms with E-state index in [2.05, 4.69) is 10.00 Å². The van der Waals surface area contributed by atoms with Gasteiger partial charge >= 0.3 is 5.97 Å². The molecule has 0 saturated carbocycles. The van der Waals surface area contributed by atoms with Crippen molar-refractivity contribution in [1.82, 2.24) is 14.7 Å². The maximum Gasteiger partial charge on any atom is 0.323 e. The molecule has 1 aromatic rings.